The Hall–Kier alpha value is -3.63. The Labute approximate surface area is 180 Å². The van der Waals surface area contributed by atoms with Gasteiger partial charge < -0.3 is 15.1 Å². The molecule has 1 aliphatic heterocycles. The lowest BCUT2D eigenvalue weighted by Gasteiger charge is -2.35. The Bertz CT molecular complexity index is 1220. The number of nitrogens with one attached hydrogen (secondary N) is 2. The topological polar surface area (TPSA) is 94.2 Å². The average Bonchev–Trinajstić information content (AvgIpc) is 3.56. The number of carbonyl (C=O) groups excluding carboxylic acids is 2. The van der Waals surface area contributed by atoms with E-state index in [-0.39, 0.29) is 55.2 Å². The van der Waals surface area contributed by atoms with Crippen LogP contribution in [0.2, 0.25) is 0 Å². The van der Waals surface area contributed by atoms with Crippen LogP contribution >= 0.6 is 0 Å². The summed E-state index contributed by atoms with van der Waals surface area (Å²) < 4.78 is 41.9. The van der Waals surface area contributed by atoms with E-state index in [1.165, 1.54) is 11.0 Å². The molecule has 1 aromatic carbocycles. The number of halogens is 3. The SMILES string of the molecule is O=C(Nc1n[nH]c2nc(N3CCN(C(=O)c4ccc(F)cc4F)CC3)c(F)cc12)C1CC1. The lowest BCUT2D eigenvalue weighted by molar-refractivity contribution is -0.117. The summed E-state index contributed by atoms with van der Waals surface area (Å²) in [4.78, 5) is 32.0. The Morgan fingerprint density at radius 1 is 1.03 bits per heavy atom. The van der Waals surface area contributed by atoms with Crippen molar-refractivity contribution in [1.29, 1.82) is 0 Å². The maximum absolute atomic E-state index is 14.9. The maximum atomic E-state index is 14.9. The zero-order valence-electron chi connectivity index (χ0n) is 16.9. The number of fused-ring (bicyclic) bond motifs is 1. The van der Waals surface area contributed by atoms with Crippen molar-refractivity contribution in [3.63, 3.8) is 0 Å². The second-order valence-electron chi connectivity index (χ2n) is 7.93. The van der Waals surface area contributed by atoms with Gasteiger partial charge in [-0.25, -0.2) is 18.2 Å². The number of hydrogen-bond acceptors (Lipinski definition) is 5. The van der Waals surface area contributed by atoms with Crippen molar-refractivity contribution in [3.05, 3.63) is 47.3 Å². The molecule has 3 aromatic rings. The maximum Gasteiger partial charge on any atom is 0.256 e. The molecule has 0 bridgehead atoms. The van der Waals surface area contributed by atoms with Gasteiger partial charge in [0.2, 0.25) is 5.91 Å². The summed E-state index contributed by atoms with van der Waals surface area (Å²) in [6.45, 7) is 1.01. The molecule has 166 valence electrons. The zero-order chi connectivity index (χ0) is 22.4. The van der Waals surface area contributed by atoms with E-state index in [1.54, 1.807) is 4.90 Å². The number of rotatable bonds is 4. The van der Waals surface area contributed by atoms with E-state index < -0.39 is 23.4 Å². The molecule has 0 unspecified atom stereocenters. The van der Waals surface area contributed by atoms with Crippen molar-refractivity contribution in [1.82, 2.24) is 20.1 Å². The largest absolute Gasteiger partial charge is 0.351 e. The third kappa shape index (κ3) is 3.74. The highest BCUT2D eigenvalue weighted by Crippen LogP contribution is 2.32. The first-order valence-electron chi connectivity index (χ1n) is 10.3. The van der Waals surface area contributed by atoms with Gasteiger partial charge in [0, 0.05) is 38.2 Å². The van der Waals surface area contributed by atoms with Gasteiger partial charge in [0.25, 0.3) is 5.91 Å². The van der Waals surface area contributed by atoms with Crippen molar-refractivity contribution >= 4 is 34.5 Å². The predicted octanol–water partition coefficient (Wildman–Crippen LogP) is 2.69. The monoisotopic (exact) mass is 444 g/mol. The van der Waals surface area contributed by atoms with Crippen LogP contribution in [0.1, 0.15) is 23.2 Å². The number of amides is 2. The lowest BCUT2D eigenvalue weighted by Crippen LogP contribution is -2.49. The molecule has 11 heteroatoms. The van der Waals surface area contributed by atoms with Gasteiger partial charge in [-0.05, 0) is 31.0 Å². The fraction of sp³-hybridized carbons (Fsp3) is 0.333. The molecule has 5 rings (SSSR count). The van der Waals surface area contributed by atoms with Gasteiger partial charge in [0.15, 0.2) is 23.1 Å². The van der Waals surface area contributed by atoms with E-state index in [4.69, 9.17) is 0 Å². The number of aromatic nitrogens is 3. The van der Waals surface area contributed by atoms with Crippen molar-refractivity contribution in [2.45, 2.75) is 12.8 Å². The quantitative estimate of drug-likeness (QED) is 0.646. The normalized spacial score (nSPS) is 16.5. The summed E-state index contributed by atoms with van der Waals surface area (Å²) in [5.74, 6) is -2.61. The molecule has 3 heterocycles. The van der Waals surface area contributed by atoms with Crippen LogP contribution in [0.15, 0.2) is 24.3 Å². The third-order valence-corrected chi connectivity index (χ3v) is 5.70. The number of piperazine rings is 1. The van der Waals surface area contributed by atoms with Crippen LogP contribution in [-0.2, 0) is 4.79 Å². The number of H-pyrrole nitrogens is 1. The molecule has 2 fully saturated rings. The Morgan fingerprint density at radius 2 is 1.78 bits per heavy atom. The van der Waals surface area contributed by atoms with E-state index in [0.29, 0.717) is 17.1 Å². The van der Waals surface area contributed by atoms with Crippen LogP contribution in [0.5, 0.6) is 0 Å². The predicted molar refractivity (Wildman–Crippen MR) is 110 cm³/mol. The van der Waals surface area contributed by atoms with E-state index in [1.807, 2.05) is 0 Å². The van der Waals surface area contributed by atoms with Crippen molar-refractivity contribution < 1.29 is 22.8 Å². The van der Waals surface area contributed by atoms with Gasteiger partial charge in [-0.3, -0.25) is 14.7 Å². The van der Waals surface area contributed by atoms with Crippen LogP contribution in [-0.4, -0.2) is 58.1 Å². The fourth-order valence-corrected chi connectivity index (χ4v) is 3.75. The Morgan fingerprint density at radius 3 is 2.47 bits per heavy atom. The van der Waals surface area contributed by atoms with E-state index in [9.17, 15) is 22.8 Å². The molecular weight excluding hydrogens is 425 g/mol. The van der Waals surface area contributed by atoms with E-state index in [0.717, 1.165) is 25.0 Å². The Balaban J connectivity index is 1.29. The highest BCUT2D eigenvalue weighted by atomic mass is 19.1. The van der Waals surface area contributed by atoms with Gasteiger partial charge in [-0.2, -0.15) is 5.10 Å². The fourth-order valence-electron chi connectivity index (χ4n) is 3.75. The summed E-state index contributed by atoms with van der Waals surface area (Å²) in [5, 5.41) is 9.82. The number of aromatic amines is 1. The number of benzene rings is 1. The molecule has 2 N–H and O–H groups in total. The second-order valence-corrected chi connectivity index (χ2v) is 7.93. The molecule has 1 saturated heterocycles. The highest BCUT2D eigenvalue weighted by molar-refractivity contribution is 6.00. The molecule has 8 nitrogen and oxygen atoms in total. The minimum Gasteiger partial charge on any atom is -0.351 e. The first-order chi connectivity index (χ1) is 15.4. The number of nitrogens with zero attached hydrogens (tertiary/aromatic N) is 4. The number of hydrogen-bond donors (Lipinski definition) is 2. The van der Waals surface area contributed by atoms with Gasteiger partial charge >= 0.3 is 0 Å². The van der Waals surface area contributed by atoms with Crippen LogP contribution in [0, 0.1) is 23.4 Å². The minimum absolute atomic E-state index is 0.0128. The van der Waals surface area contributed by atoms with Gasteiger partial charge in [-0.1, -0.05) is 0 Å². The van der Waals surface area contributed by atoms with Crippen LogP contribution in [0.25, 0.3) is 11.0 Å². The van der Waals surface area contributed by atoms with Crippen LogP contribution in [0.4, 0.5) is 24.8 Å². The van der Waals surface area contributed by atoms with Crippen molar-refractivity contribution in [3.8, 4) is 0 Å². The van der Waals surface area contributed by atoms with Crippen LogP contribution in [0.3, 0.4) is 0 Å². The van der Waals surface area contributed by atoms with Gasteiger partial charge in [-0.15, -0.1) is 0 Å². The molecule has 1 aliphatic carbocycles. The first-order valence-corrected chi connectivity index (χ1v) is 10.3. The molecule has 0 radical (unpaired) electrons. The molecular formula is C21H19F3N6O2. The summed E-state index contributed by atoms with van der Waals surface area (Å²) in [5.41, 5.74) is 0.128. The van der Waals surface area contributed by atoms with Gasteiger partial charge in [0.1, 0.15) is 11.6 Å². The van der Waals surface area contributed by atoms with Crippen LogP contribution < -0.4 is 10.2 Å². The molecule has 0 atom stereocenters. The molecule has 2 amide bonds. The summed E-state index contributed by atoms with van der Waals surface area (Å²) >= 11 is 0. The molecule has 0 spiro atoms. The number of anilines is 2. The number of carbonyl (C=O) groups is 2. The highest BCUT2D eigenvalue weighted by Gasteiger charge is 2.31. The summed E-state index contributed by atoms with van der Waals surface area (Å²) in [6, 6.07) is 4.10. The summed E-state index contributed by atoms with van der Waals surface area (Å²) in [7, 11) is 0. The second kappa shape index (κ2) is 7.81. The Kier molecular flexibility index (Phi) is 4.95. The van der Waals surface area contributed by atoms with E-state index >= 15 is 0 Å². The summed E-state index contributed by atoms with van der Waals surface area (Å²) in [6.07, 6.45) is 1.68. The lowest BCUT2D eigenvalue weighted by atomic mass is 10.1. The zero-order valence-corrected chi connectivity index (χ0v) is 16.9. The minimum atomic E-state index is -0.917. The molecule has 1 saturated carbocycles. The van der Waals surface area contributed by atoms with Crippen molar-refractivity contribution in [2.75, 3.05) is 36.4 Å². The van der Waals surface area contributed by atoms with Crippen molar-refractivity contribution in [2.24, 2.45) is 5.92 Å². The van der Waals surface area contributed by atoms with Gasteiger partial charge in [0.05, 0.1) is 10.9 Å². The first kappa shape index (κ1) is 20.3. The smallest absolute Gasteiger partial charge is 0.256 e. The third-order valence-electron chi connectivity index (χ3n) is 5.70. The standard InChI is InChI=1S/C21H19F3N6O2/c22-12-3-4-13(15(23)9-12)21(32)30-7-5-29(6-8-30)19-16(24)10-14-17(25-19)27-28-18(14)26-20(31)11-1-2-11/h3-4,9-11H,1-2,5-8H2,(H2,25,26,27,28,31). The average molecular weight is 444 g/mol. The molecule has 2 aromatic heterocycles. The van der Waals surface area contributed by atoms with E-state index in [2.05, 4.69) is 20.5 Å². The molecule has 32 heavy (non-hydrogen) atoms. The molecule has 2 aliphatic rings. The number of pyridine rings is 1.